The molecule has 0 unspecified atom stereocenters. The normalized spacial score (nSPS) is 10.5. The van der Waals surface area contributed by atoms with Gasteiger partial charge in [-0.15, -0.1) is 0 Å². The van der Waals surface area contributed by atoms with Crippen LogP contribution in [0.2, 0.25) is 0 Å². The first-order valence-electron chi connectivity index (χ1n) is 7.16. The second-order valence-electron chi connectivity index (χ2n) is 5.12. The van der Waals surface area contributed by atoms with Gasteiger partial charge in [0.2, 0.25) is 5.75 Å². The highest BCUT2D eigenvalue weighted by molar-refractivity contribution is 6.04. The van der Waals surface area contributed by atoms with E-state index in [1.165, 1.54) is 21.3 Å². The smallest absolute Gasteiger partial charge is 0.257 e. The minimum atomic E-state index is -0.286. The summed E-state index contributed by atoms with van der Waals surface area (Å²) in [6.45, 7) is 3.98. The van der Waals surface area contributed by atoms with Crippen LogP contribution in [0.1, 0.15) is 30.2 Å². The van der Waals surface area contributed by atoms with E-state index in [0.29, 0.717) is 28.6 Å². The molecule has 0 saturated heterocycles. The molecule has 0 atom stereocenters. The van der Waals surface area contributed by atoms with Crippen molar-refractivity contribution in [2.75, 3.05) is 26.6 Å². The van der Waals surface area contributed by atoms with Crippen molar-refractivity contribution in [2.24, 2.45) is 0 Å². The summed E-state index contributed by atoms with van der Waals surface area (Å²) >= 11 is 0. The molecule has 2 aromatic rings. The number of benzene rings is 1. The lowest BCUT2D eigenvalue weighted by molar-refractivity contribution is 0.102. The van der Waals surface area contributed by atoms with E-state index in [1.54, 1.807) is 29.1 Å². The van der Waals surface area contributed by atoms with Crippen LogP contribution in [0.15, 0.2) is 24.4 Å². The van der Waals surface area contributed by atoms with Crippen molar-refractivity contribution in [2.45, 2.75) is 19.9 Å². The molecule has 0 fully saturated rings. The number of rotatable bonds is 6. The van der Waals surface area contributed by atoms with Gasteiger partial charge < -0.3 is 19.5 Å². The minimum absolute atomic E-state index is 0.139. The first-order chi connectivity index (χ1) is 11.0. The molecule has 7 nitrogen and oxygen atoms in total. The van der Waals surface area contributed by atoms with Gasteiger partial charge in [0.1, 0.15) is 5.82 Å². The molecule has 23 heavy (non-hydrogen) atoms. The number of hydrogen-bond acceptors (Lipinski definition) is 5. The predicted molar refractivity (Wildman–Crippen MR) is 86.7 cm³/mol. The number of ether oxygens (including phenoxy) is 3. The minimum Gasteiger partial charge on any atom is -0.493 e. The van der Waals surface area contributed by atoms with Crippen molar-refractivity contribution in [3.63, 3.8) is 0 Å². The second kappa shape index (κ2) is 7.04. The largest absolute Gasteiger partial charge is 0.493 e. The third-order valence-electron chi connectivity index (χ3n) is 3.33. The lowest BCUT2D eigenvalue weighted by atomic mass is 10.1. The topological polar surface area (TPSA) is 74.6 Å². The monoisotopic (exact) mass is 319 g/mol. The summed E-state index contributed by atoms with van der Waals surface area (Å²) in [5.74, 6) is 1.63. The summed E-state index contributed by atoms with van der Waals surface area (Å²) < 4.78 is 17.5. The molecular weight excluding hydrogens is 298 g/mol. The number of carbonyl (C=O) groups excluding carboxylic acids is 1. The molecule has 0 aliphatic heterocycles. The third kappa shape index (κ3) is 3.39. The average Bonchev–Trinajstić information content (AvgIpc) is 3.01. The Hall–Kier alpha value is -2.70. The summed E-state index contributed by atoms with van der Waals surface area (Å²) in [7, 11) is 4.53. The highest BCUT2D eigenvalue weighted by Gasteiger charge is 2.18. The van der Waals surface area contributed by atoms with Crippen LogP contribution in [0.5, 0.6) is 17.2 Å². The maximum atomic E-state index is 12.5. The molecule has 1 aromatic carbocycles. The zero-order chi connectivity index (χ0) is 17.0. The van der Waals surface area contributed by atoms with Crippen LogP contribution in [0.3, 0.4) is 0 Å². The maximum Gasteiger partial charge on any atom is 0.257 e. The number of nitrogens with zero attached hydrogens (tertiary/aromatic N) is 2. The van der Waals surface area contributed by atoms with Crippen molar-refractivity contribution in [3.8, 4) is 17.2 Å². The fourth-order valence-electron chi connectivity index (χ4n) is 2.23. The summed E-state index contributed by atoms with van der Waals surface area (Å²) in [4.78, 5) is 12.5. The highest BCUT2D eigenvalue weighted by Crippen LogP contribution is 2.38. The standard InChI is InChI=1S/C16H21N3O4/c1-10(2)19-14(6-7-17-19)18-16(20)11-8-12(21-3)15(23-5)13(9-11)22-4/h6-10H,1-5H3,(H,18,20). The van der Waals surface area contributed by atoms with Gasteiger partial charge in [0.15, 0.2) is 11.5 Å². The van der Waals surface area contributed by atoms with E-state index in [9.17, 15) is 4.79 Å². The number of hydrogen-bond donors (Lipinski definition) is 1. The van der Waals surface area contributed by atoms with Gasteiger partial charge >= 0.3 is 0 Å². The molecule has 1 amide bonds. The third-order valence-corrected chi connectivity index (χ3v) is 3.33. The average molecular weight is 319 g/mol. The van der Waals surface area contributed by atoms with E-state index in [1.807, 2.05) is 13.8 Å². The molecule has 0 spiro atoms. The number of nitrogens with one attached hydrogen (secondary N) is 1. The molecule has 0 saturated carbocycles. The van der Waals surface area contributed by atoms with Crippen molar-refractivity contribution < 1.29 is 19.0 Å². The van der Waals surface area contributed by atoms with E-state index >= 15 is 0 Å². The SMILES string of the molecule is COc1cc(C(=O)Nc2ccnn2C(C)C)cc(OC)c1OC. The van der Waals surface area contributed by atoms with Crippen LogP contribution in [-0.2, 0) is 0 Å². The molecule has 1 heterocycles. The lowest BCUT2D eigenvalue weighted by Crippen LogP contribution is -2.17. The van der Waals surface area contributed by atoms with Gasteiger partial charge in [0.25, 0.3) is 5.91 Å². The van der Waals surface area contributed by atoms with Crippen LogP contribution < -0.4 is 19.5 Å². The molecule has 1 N–H and O–H groups in total. The Bertz CT molecular complexity index is 669. The van der Waals surface area contributed by atoms with Crippen LogP contribution in [-0.4, -0.2) is 37.0 Å². The van der Waals surface area contributed by atoms with Gasteiger partial charge in [-0.2, -0.15) is 5.10 Å². The molecule has 0 bridgehead atoms. The quantitative estimate of drug-likeness (QED) is 0.886. The first kappa shape index (κ1) is 16.7. The van der Waals surface area contributed by atoms with Crippen molar-refractivity contribution >= 4 is 11.7 Å². The van der Waals surface area contributed by atoms with Gasteiger partial charge in [0.05, 0.1) is 27.5 Å². The zero-order valence-electron chi connectivity index (χ0n) is 13.9. The molecule has 124 valence electrons. The summed E-state index contributed by atoms with van der Waals surface area (Å²) in [5, 5.41) is 7.03. The highest BCUT2D eigenvalue weighted by atomic mass is 16.5. The lowest BCUT2D eigenvalue weighted by Gasteiger charge is -2.15. The Morgan fingerprint density at radius 3 is 2.22 bits per heavy atom. The molecule has 0 aliphatic carbocycles. The van der Waals surface area contributed by atoms with E-state index in [-0.39, 0.29) is 11.9 Å². The zero-order valence-corrected chi connectivity index (χ0v) is 13.9. The molecule has 0 radical (unpaired) electrons. The second-order valence-corrected chi connectivity index (χ2v) is 5.12. The van der Waals surface area contributed by atoms with E-state index in [0.717, 1.165) is 0 Å². The van der Waals surface area contributed by atoms with E-state index in [2.05, 4.69) is 10.4 Å². The van der Waals surface area contributed by atoms with Crippen LogP contribution >= 0.6 is 0 Å². The Morgan fingerprint density at radius 1 is 1.13 bits per heavy atom. The number of anilines is 1. The van der Waals surface area contributed by atoms with Gasteiger partial charge in [-0.25, -0.2) is 4.68 Å². The molecule has 2 rings (SSSR count). The van der Waals surface area contributed by atoms with Crippen molar-refractivity contribution in [3.05, 3.63) is 30.0 Å². The van der Waals surface area contributed by atoms with Crippen LogP contribution in [0.4, 0.5) is 5.82 Å². The fraction of sp³-hybridized carbons (Fsp3) is 0.375. The molecule has 7 heteroatoms. The Kier molecular flexibility index (Phi) is 5.10. The van der Waals surface area contributed by atoms with Crippen molar-refractivity contribution in [1.29, 1.82) is 0 Å². The molecular formula is C16H21N3O4. The summed E-state index contributed by atoms with van der Waals surface area (Å²) in [6, 6.07) is 5.09. The van der Waals surface area contributed by atoms with Gasteiger partial charge in [-0.05, 0) is 26.0 Å². The Balaban J connectivity index is 2.34. The van der Waals surface area contributed by atoms with E-state index < -0.39 is 0 Å². The van der Waals surface area contributed by atoms with Gasteiger partial charge in [-0.1, -0.05) is 0 Å². The van der Waals surface area contributed by atoms with Gasteiger partial charge in [0, 0.05) is 17.7 Å². The van der Waals surface area contributed by atoms with E-state index in [4.69, 9.17) is 14.2 Å². The maximum absolute atomic E-state index is 12.5. The predicted octanol–water partition coefficient (Wildman–Crippen LogP) is 2.74. The number of amides is 1. The molecule has 1 aromatic heterocycles. The summed E-state index contributed by atoms with van der Waals surface area (Å²) in [5.41, 5.74) is 0.399. The number of carbonyl (C=O) groups is 1. The Labute approximate surface area is 135 Å². The first-order valence-corrected chi connectivity index (χ1v) is 7.16. The number of methoxy groups -OCH3 is 3. The summed E-state index contributed by atoms with van der Waals surface area (Å²) in [6.07, 6.45) is 1.64. The van der Waals surface area contributed by atoms with Crippen LogP contribution in [0, 0.1) is 0 Å². The molecule has 0 aliphatic rings. The van der Waals surface area contributed by atoms with Crippen LogP contribution in [0.25, 0.3) is 0 Å². The fourth-order valence-corrected chi connectivity index (χ4v) is 2.23. The Morgan fingerprint density at radius 2 is 1.74 bits per heavy atom. The van der Waals surface area contributed by atoms with Gasteiger partial charge in [-0.3, -0.25) is 4.79 Å². The number of aromatic nitrogens is 2. The van der Waals surface area contributed by atoms with Crippen molar-refractivity contribution in [1.82, 2.24) is 9.78 Å².